The van der Waals surface area contributed by atoms with Gasteiger partial charge in [0.25, 0.3) is 31.9 Å². The molecule has 2 saturated heterocycles. The molecule has 0 saturated carbocycles. The number of rotatable bonds is 15. The van der Waals surface area contributed by atoms with Crippen molar-refractivity contribution in [2.24, 2.45) is 25.9 Å². The molecule has 2 fully saturated rings. The molecule has 0 radical (unpaired) electrons. The number of nitrogens with one attached hydrogen (secondary N) is 3. The molecule has 0 unspecified atom stereocenters. The van der Waals surface area contributed by atoms with Gasteiger partial charge in [0.05, 0.1) is 22.5 Å². The van der Waals surface area contributed by atoms with Crippen LogP contribution in [0.2, 0.25) is 38.3 Å². The van der Waals surface area contributed by atoms with Gasteiger partial charge in [0.2, 0.25) is 0 Å². The Labute approximate surface area is 490 Å². The van der Waals surface area contributed by atoms with Crippen LogP contribution in [0.15, 0.2) is 75.6 Å². The Kier molecular flexibility index (Phi) is 19.6. The maximum absolute atomic E-state index is 13.5. The standard InChI is InChI=1S/C26H36F3N7O3SSi.C18H24BrN5O3S.C8H13F3N2Si/c1-17-14-25(3,4)35(15-17)23-19(24(37)33-40(38,39)20-16-34(5)31-18(20)2)8-9-21(30-23)36-12-10-22(32-36)41(6,7)13-11-26(27,28)29;1-11-8-18(3,4)24(9-11)16-13(6-7-15(19)20-16)17(25)22-28(26,27)14-10-23(5)21-12(14)2;1-14(2,6-4-8(9,10)11)7-3-5-12-13-7/h8-10,12,16-17H,11,13-15H2,1-7H3,(H,33,37);6-7,10-11H,8-9H2,1-5H3,(H,22,25);3,5H,4,6H2,1-2H3,(H,12,13)/t17-;11-;/m00./s1. The molecule has 31 heteroatoms. The van der Waals surface area contributed by atoms with Crippen LogP contribution in [0.3, 0.4) is 0 Å². The van der Waals surface area contributed by atoms with Crippen molar-refractivity contribution < 1.29 is 52.8 Å². The Hall–Kier alpha value is -5.93. The number of hydrogen-bond acceptors (Lipinski definition) is 14. The van der Waals surface area contributed by atoms with Crippen LogP contribution < -0.4 is 29.9 Å². The predicted octanol–water partition coefficient (Wildman–Crippen LogP) is 8.83. The van der Waals surface area contributed by atoms with Crippen LogP contribution >= 0.6 is 15.9 Å². The fraction of sp³-hybridized carbons (Fsp3) is 0.538. The minimum atomic E-state index is -4.23. The highest BCUT2D eigenvalue weighted by Crippen LogP contribution is 2.40. The molecule has 8 rings (SSSR count). The first-order valence-electron chi connectivity index (χ1n) is 26.6. The zero-order chi connectivity index (χ0) is 62.2. The van der Waals surface area contributed by atoms with Crippen molar-refractivity contribution in [3.8, 4) is 5.82 Å². The van der Waals surface area contributed by atoms with Gasteiger partial charge < -0.3 is 9.80 Å². The van der Waals surface area contributed by atoms with Gasteiger partial charge in [-0.3, -0.25) is 24.1 Å². The SMILES string of the molecule is C[Si](C)(CCC(F)(F)F)c1ccn[nH]1.Cc1nn(C)cc1S(=O)(=O)NC(=O)c1ccc(-n2ccc([Si](C)(C)CCC(F)(F)F)n2)nc1N1C[C@@H](C)CC1(C)C.Cc1nn(C)cc1S(=O)(=O)NC(=O)c1ccc(Br)nc1N1C[C@@H](C)CC1(C)C. The lowest BCUT2D eigenvalue weighted by molar-refractivity contribution is -0.131. The number of amides is 2. The van der Waals surface area contributed by atoms with Crippen LogP contribution in [-0.2, 0) is 34.1 Å². The molecule has 2 aliphatic rings. The summed E-state index contributed by atoms with van der Waals surface area (Å²) in [5.41, 5.74) is 0.310. The summed E-state index contributed by atoms with van der Waals surface area (Å²) in [5.74, 6) is 0.327. The number of anilines is 2. The highest BCUT2D eigenvalue weighted by molar-refractivity contribution is 9.10. The molecule has 3 N–H and O–H groups in total. The van der Waals surface area contributed by atoms with Gasteiger partial charge in [-0.2, -0.15) is 46.7 Å². The molecule has 2 atom stereocenters. The minimum Gasteiger partial charge on any atom is -0.351 e. The quantitative estimate of drug-likeness (QED) is 0.0495. The average molecular weight is 1300 g/mol. The van der Waals surface area contributed by atoms with E-state index >= 15 is 0 Å². The molecule has 83 heavy (non-hydrogen) atoms. The van der Waals surface area contributed by atoms with E-state index in [1.165, 1.54) is 32.5 Å². The summed E-state index contributed by atoms with van der Waals surface area (Å²) in [6.45, 7) is 24.5. The lowest BCUT2D eigenvalue weighted by Crippen LogP contribution is -2.43. The molecule has 6 aromatic rings. The number of nitrogens with zero attached hydrogens (tertiary/aromatic N) is 11. The highest BCUT2D eigenvalue weighted by atomic mass is 79.9. The van der Waals surface area contributed by atoms with Crippen molar-refractivity contribution in [3.63, 3.8) is 0 Å². The summed E-state index contributed by atoms with van der Waals surface area (Å²) in [6.07, 6.45) is -2.14. The molecule has 2 aliphatic heterocycles. The van der Waals surface area contributed by atoms with E-state index in [1.54, 1.807) is 70.7 Å². The fourth-order valence-corrected chi connectivity index (χ4v) is 17.2. The van der Waals surface area contributed by atoms with E-state index in [1.807, 2.05) is 44.9 Å². The van der Waals surface area contributed by atoms with Gasteiger partial charge in [-0.15, -0.1) is 0 Å². The number of aromatic amines is 1. The van der Waals surface area contributed by atoms with Crippen molar-refractivity contribution in [1.29, 1.82) is 0 Å². The number of pyridine rings is 2. The molecule has 0 aliphatic carbocycles. The number of aryl methyl sites for hydroxylation is 4. The van der Waals surface area contributed by atoms with Crippen LogP contribution in [0.1, 0.15) is 99.3 Å². The number of H-pyrrole nitrogens is 1. The number of halogens is 7. The molecule has 0 bridgehead atoms. The van der Waals surface area contributed by atoms with Crippen molar-refractivity contribution in [2.45, 2.75) is 153 Å². The Bertz CT molecular complexity index is 3530. The first-order chi connectivity index (χ1) is 38.0. The van der Waals surface area contributed by atoms with Gasteiger partial charge >= 0.3 is 12.4 Å². The monoisotopic (exact) mass is 1300 g/mol. The van der Waals surface area contributed by atoms with Crippen LogP contribution in [-0.4, -0.2) is 131 Å². The summed E-state index contributed by atoms with van der Waals surface area (Å²) in [6, 6.07) is 9.98. The number of sulfonamides is 2. The number of hydrogen-bond donors (Lipinski definition) is 3. The lowest BCUT2D eigenvalue weighted by atomic mass is 9.97. The van der Waals surface area contributed by atoms with E-state index in [2.05, 4.69) is 88.4 Å². The Morgan fingerprint density at radius 3 is 1.53 bits per heavy atom. The summed E-state index contributed by atoms with van der Waals surface area (Å²) < 4.78 is 135. The number of alkyl halides is 6. The van der Waals surface area contributed by atoms with E-state index in [9.17, 15) is 52.8 Å². The first kappa shape index (κ1) is 66.2. The van der Waals surface area contributed by atoms with Gasteiger partial charge in [0.15, 0.2) is 5.82 Å². The summed E-state index contributed by atoms with van der Waals surface area (Å²) in [7, 11) is -9.51. The second-order valence-corrected chi connectivity index (χ2v) is 37.7. The highest BCUT2D eigenvalue weighted by Gasteiger charge is 2.42. The second kappa shape index (κ2) is 24.6. The molecule has 20 nitrogen and oxygen atoms in total. The summed E-state index contributed by atoms with van der Waals surface area (Å²) >= 11 is 3.36. The van der Waals surface area contributed by atoms with Gasteiger partial charge in [-0.1, -0.05) is 40.0 Å². The third-order valence-corrected chi connectivity index (χ3v) is 24.3. The molecule has 8 heterocycles. The molecule has 456 valence electrons. The maximum atomic E-state index is 13.5. The summed E-state index contributed by atoms with van der Waals surface area (Å²) in [4.78, 5) is 39.6. The second-order valence-electron chi connectivity index (χ2n) is 24.0. The molecule has 6 aromatic heterocycles. The predicted molar refractivity (Wildman–Crippen MR) is 313 cm³/mol. The molecular weight excluding hydrogens is 1230 g/mol. The third-order valence-electron chi connectivity index (χ3n) is 14.6. The van der Waals surface area contributed by atoms with Crippen LogP contribution in [0, 0.1) is 25.7 Å². The zero-order valence-electron chi connectivity index (χ0n) is 48.9. The Balaban J connectivity index is 0.000000226. The lowest BCUT2D eigenvalue weighted by Gasteiger charge is -2.34. The number of carbonyl (C=O) groups is 2. The van der Waals surface area contributed by atoms with Crippen LogP contribution in [0.4, 0.5) is 38.0 Å². The van der Waals surface area contributed by atoms with Crippen molar-refractivity contribution >= 4 is 86.2 Å². The third kappa shape index (κ3) is 16.7. The van der Waals surface area contributed by atoms with E-state index < -0.39 is 73.2 Å². The van der Waals surface area contributed by atoms with Gasteiger partial charge in [0.1, 0.15) is 42.2 Å². The Morgan fingerprint density at radius 1 is 0.687 bits per heavy atom. The molecular formula is C52H73BrF6N14O6S2Si2. The van der Waals surface area contributed by atoms with Crippen LogP contribution in [0.5, 0.6) is 0 Å². The fourth-order valence-electron chi connectivity index (χ4n) is 10.4. The molecule has 0 aromatic carbocycles. The summed E-state index contributed by atoms with van der Waals surface area (Å²) in [5, 5.41) is 20.7. The van der Waals surface area contributed by atoms with Gasteiger partial charge in [-0.05, 0) is 131 Å². The van der Waals surface area contributed by atoms with E-state index in [4.69, 9.17) is 4.98 Å². The van der Waals surface area contributed by atoms with E-state index in [-0.39, 0.29) is 49.8 Å². The topological polar surface area (TPSA) is 241 Å². The van der Waals surface area contributed by atoms with Gasteiger partial charge in [0, 0.05) is 86.5 Å². The van der Waals surface area contributed by atoms with Crippen molar-refractivity contribution in [1.82, 2.24) is 59.0 Å². The van der Waals surface area contributed by atoms with E-state index in [0.717, 1.165) is 24.7 Å². The van der Waals surface area contributed by atoms with E-state index in [0.29, 0.717) is 51.4 Å². The smallest absolute Gasteiger partial charge is 0.351 e. The molecule has 0 spiro atoms. The number of carbonyl (C=O) groups excluding carboxylic acids is 2. The van der Waals surface area contributed by atoms with Crippen LogP contribution in [0.25, 0.3) is 5.82 Å². The van der Waals surface area contributed by atoms with Crippen molar-refractivity contribution in [2.75, 3.05) is 22.9 Å². The Morgan fingerprint density at radius 2 is 1.13 bits per heavy atom. The normalized spacial score (nSPS) is 17.4. The number of aromatic nitrogens is 10. The van der Waals surface area contributed by atoms with Gasteiger partial charge in [-0.25, -0.2) is 40.9 Å². The average Bonchev–Trinajstić information content (AvgIpc) is 4.40. The minimum absolute atomic E-state index is 0.00996. The van der Waals surface area contributed by atoms with Crippen molar-refractivity contribution in [3.05, 3.63) is 88.3 Å². The largest absolute Gasteiger partial charge is 0.388 e. The zero-order valence-corrected chi connectivity index (χ0v) is 54.1. The first-order valence-corrected chi connectivity index (χ1v) is 36.8. The molecule has 2 amide bonds. The maximum Gasteiger partial charge on any atom is 0.388 e.